The molecule has 0 unspecified atom stereocenters. The Kier molecular flexibility index (Phi) is 5.39. The van der Waals surface area contributed by atoms with Crippen molar-refractivity contribution in [3.8, 4) is 5.75 Å². The molecule has 1 atom stereocenters. The van der Waals surface area contributed by atoms with Crippen LogP contribution in [0.4, 0.5) is 0 Å². The second-order valence-electron chi connectivity index (χ2n) is 5.51. The van der Waals surface area contributed by atoms with E-state index in [0.717, 1.165) is 11.1 Å². The number of nitrogens with one attached hydrogen (secondary N) is 1. The monoisotopic (exact) mass is 319 g/mol. The van der Waals surface area contributed by atoms with Crippen LogP contribution < -0.4 is 15.7 Å². The van der Waals surface area contributed by atoms with Crippen LogP contribution in [0.5, 0.6) is 5.75 Å². The van der Waals surface area contributed by atoms with E-state index in [4.69, 9.17) is 14.3 Å². The smallest absolute Gasteiger partial charge is 0.336 e. The summed E-state index contributed by atoms with van der Waals surface area (Å²) in [5.74, 6) is 0.245. The summed E-state index contributed by atoms with van der Waals surface area (Å²) in [6.45, 7) is 5.73. The minimum atomic E-state index is -0.704. The van der Waals surface area contributed by atoms with Crippen LogP contribution in [0.2, 0.25) is 0 Å². The van der Waals surface area contributed by atoms with E-state index in [1.165, 1.54) is 6.07 Å². The first-order valence-corrected chi connectivity index (χ1v) is 7.52. The number of rotatable bonds is 6. The third kappa shape index (κ3) is 4.10. The predicted molar refractivity (Wildman–Crippen MR) is 86.8 cm³/mol. The van der Waals surface area contributed by atoms with Crippen molar-refractivity contribution in [2.75, 3.05) is 13.2 Å². The molecule has 0 fully saturated rings. The van der Waals surface area contributed by atoms with E-state index in [9.17, 15) is 9.59 Å². The highest BCUT2D eigenvalue weighted by atomic mass is 16.5. The Morgan fingerprint density at radius 3 is 2.78 bits per heavy atom. The van der Waals surface area contributed by atoms with Gasteiger partial charge in [-0.05, 0) is 50.5 Å². The molecule has 1 heterocycles. The maximum atomic E-state index is 12.0. The Morgan fingerprint density at radius 1 is 1.35 bits per heavy atom. The van der Waals surface area contributed by atoms with Gasteiger partial charge in [-0.15, -0.1) is 0 Å². The number of ether oxygens (including phenoxy) is 1. The van der Waals surface area contributed by atoms with Gasteiger partial charge in [0, 0.05) is 19.2 Å². The van der Waals surface area contributed by atoms with E-state index < -0.39 is 11.7 Å². The lowest BCUT2D eigenvalue weighted by Gasteiger charge is -2.17. The van der Waals surface area contributed by atoms with Crippen molar-refractivity contribution in [1.82, 2.24) is 5.32 Å². The fourth-order valence-electron chi connectivity index (χ4n) is 2.35. The first kappa shape index (κ1) is 17.0. The number of fused-ring (bicyclic) bond motifs is 1. The van der Waals surface area contributed by atoms with E-state index >= 15 is 0 Å². The molecule has 6 heteroatoms. The standard InChI is InChI=1S/C17H21NO5/c1-10-7-13(22-12(3)17(21)18-5-4-6-19)16-11(2)9-15(20)23-14(16)8-10/h7-9,12,19H,4-6H2,1-3H3,(H,18,21)/t12-/m1/s1. The zero-order valence-electron chi connectivity index (χ0n) is 13.5. The molecule has 1 amide bonds. The largest absolute Gasteiger partial charge is 0.480 e. The number of carbonyl (C=O) groups excluding carboxylic acids is 1. The first-order valence-electron chi connectivity index (χ1n) is 7.52. The van der Waals surface area contributed by atoms with Gasteiger partial charge in [-0.1, -0.05) is 0 Å². The third-order valence-electron chi connectivity index (χ3n) is 3.46. The predicted octanol–water partition coefficient (Wildman–Crippen LogP) is 1.68. The molecule has 1 aromatic carbocycles. The number of benzene rings is 1. The van der Waals surface area contributed by atoms with Crippen LogP contribution in [0.3, 0.4) is 0 Å². The van der Waals surface area contributed by atoms with Gasteiger partial charge in [0.05, 0.1) is 5.39 Å². The molecule has 23 heavy (non-hydrogen) atoms. The fourth-order valence-corrected chi connectivity index (χ4v) is 2.35. The van der Waals surface area contributed by atoms with Crippen LogP contribution in [0.1, 0.15) is 24.5 Å². The van der Waals surface area contributed by atoms with Gasteiger partial charge in [-0.2, -0.15) is 0 Å². The van der Waals surface area contributed by atoms with Crippen LogP contribution in [-0.4, -0.2) is 30.3 Å². The average Bonchev–Trinajstić information content (AvgIpc) is 2.45. The molecule has 124 valence electrons. The minimum absolute atomic E-state index is 0.0241. The number of aryl methyl sites for hydroxylation is 2. The van der Waals surface area contributed by atoms with Gasteiger partial charge in [0.1, 0.15) is 11.3 Å². The van der Waals surface area contributed by atoms with Gasteiger partial charge in [-0.25, -0.2) is 4.79 Å². The average molecular weight is 319 g/mol. The van der Waals surface area contributed by atoms with Crippen molar-refractivity contribution in [3.05, 3.63) is 39.7 Å². The highest BCUT2D eigenvalue weighted by Gasteiger charge is 2.17. The molecule has 1 aromatic heterocycles. The van der Waals surface area contributed by atoms with Gasteiger partial charge in [0.25, 0.3) is 5.91 Å². The highest BCUT2D eigenvalue weighted by molar-refractivity contribution is 5.88. The molecule has 2 rings (SSSR count). The van der Waals surface area contributed by atoms with E-state index in [0.29, 0.717) is 29.7 Å². The summed E-state index contributed by atoms with van der Waals surface area (Å²) in [5, 5.41) is 12.1. The lowest BCUT2D eigenvalue weighted by atomic mass is 10.1. The number of hydrogen-bond donors (Lipinski definition) is 2. The molecule has 0 saturated heterocycles. The lowest BCUT2D eigenvalue weighted by Crippen LogP contribution is -2.37. The molecule has 2 aromatic rings. The van der Waals surface area contributed by atoms with Crippen molar-refractivity contribution in [2.24, 2.45) is 0 Å². The topological polar surface area (TPSA) is 88.8 Å². The second kappa shape index (κ2) is 7.28. The summed E-state index contributed by atoms with van der Waals surface area (Å²) in [6, 6.07) is 4.98. The molecule has 0 spiro atoms. The van der Waals surface area contributed by atoms with Crippen LogP contribution in [-0.2, 0) is 4.79 Å². The van der Waals surface area contributed by atoms with Gasteiger partial charge < -0.3 is 19.6 Å². The highest BCUT2D eigenvalue weighted by Crippen LogP contribution is 2.30. The van der Waals surface area contributed by atoms with Gasteiger partial charge >= 0.3 is 5.63 Å². The summed E-state index contributed by atoms with van der Waals surface area (Å²) >= 11 is 0. The SMILES string of the molecule is Cc1cc(O[C@H](C)C(=O)NCCCO)c2c(C)cc(=O)oc2c1. The van der Waals surface area contributed by atoms with E-state index in [1.54, 1.807) is 19.9 Å². The molecule has 2 N–H and O–H groups in total. The van der Waals surface area contributed by atoms with Crippen LogP contribution in [0.25, 0.3) is 11.0 Å². The number of carbonyl (C=O) groups is 1. The molecule has 0 aliphatic carbocycles. The molecule has 0 aliphatic heterocycles. The molecular formula is C17H21NO5. The summed E-state index contributed by atoms with van der Waals surface area (Å²) in [6.07, 6.45) is -0.208. The van der Waals surface area contributed by atoms with Crippen molar-refractivity contribution < 1.29 is 19.1 Å². The molecular weight excluding hydrogens is 298 g/mol. The van der Waals surface area contributed by atoms with Gasteiger partial charge in [-0.3, -0.25) is 4.79 Å². The molecule has 6 nitrogen and oxygen atoms in total. The Bertz CT molecular complexity index is 765. The summed E-state index contributed by atoms with van der Waals surface area (Å²) in [4.78, 5) is 23.5. The molecule has 0 saturated carbocycles. The maximum Gasteiger partial charge on any atom is 0.336 e. The maximum absolute atomic E-state index is 12.0. The molecule has 0 bridgehead atoms. The van der Waals surface area contributed by atoms with Crippen molar-refractivity contribution in [2.45, 2.75) is 33.3 Å². The fraction of sp³-hybridized carbons (Fsp3) is 0.412. The summed E-state index contributed by atoms with van der Waals surface area (Å²) in [7, 11) is 0. The molecule has 0 radical (unpaired) electrons. The summed E-state index contributed by atoms with van der Waals surface area (Å²) < 4.78 is 11.0. The van der Waals surface area contributed by atoms with Crippen LogP contribution in [0, 0.1) is 13.8 Å². The van der Waals surface area contributed by atoms with Crippen LogP contribution in [0.15, 0.2) is 27.4 Å². The Morgan fingerprint density at radius 2 is 2.09 bits per heavy atom. The zero-order chi connectivity index (χ0) is 17.0. The first-order chi connectivity index (χ1) is 10.9. The molecule has 0 aliphatic rings. The number of hydrogen-bond acceptors (Lipinski definition) is 5. The Labute approximate surface area is 134 Å². The number of aliphatic hydroxyl groups is 1. The normalized spacial score (nSPS) is 12.2. The Balaban J connectivity index is 2.29. The van der Waals surface area contributed by atoms with E-state index in [-0.39, 0.29) is 12.5 Å². The van der Waals surface area contributed by atoms with E-state index in [1.807, 2.05) is 13.0 Å². The third-order valence-corrected chi connectivity index (χ3v) is 3.46. The minimum Gasteiger partial charge on any atom is -0.480 e. The Hall–Kier alpha value is -2.34. The van der Waals surface area contributed by atoms with Crippen molar-refractivity contribution in [1.29, 1.82) is 0 Å². The zero-order valence-corrected chi connectivity index (χ0v) is 13.5. The number of aliphatic hydroxyl groups excluding tert-OH is 1. The van der Waals surface area contributed by atoms with Crippen LogP contribution >= 0.6 is 0 Å². The lowest BCUT2D eigenvalue weighted by molar-refractivity contribution is -0.127. The second-order valence-corrected chi connectivity index (χ2v) is 5.51. The summed E-state index contributed by atoms with van der Waals surface area (Å²) in [5.41, 5.74) is 1.63. The van der Waals surface area contributed by atoms with Crippen molar-refractivity contribution in [3.63, 3.8) is 0 Å². The number of amides is 1. The van der Waals surface area contributed by atoms with Gasteiger partial charge in [0.15, 0.2) is 6.10 Å². The van der Waals surface area contributed by atoms with Crippen molar-refractivity contribution >= 4 is 16.9 Å². The quantitative estimate of drug-likeness (QED) is 0.624. The van der Waals surface area contributed by atoms with Gasteiger partial charge in [0.2, 0.25) is 0 Å². The van der Waals surface area contributed by atoms with E-state index in [2.05, 4.69) is 5.32 Å².